The van der Waals surface area contributed by atoms with Gasteiger partial charge in [-0.2, -0.15) is 0 Å². The maximum absolute atomic E-state index is 12.1. The molecule has 0 aliphatic heterocycles. The van der Waals surface area contributed by atoms with E-state index in [4.69, 9.17) is 0 Å². The topological polar surface area (TPSA) is 73.1 Å². The van der Waals surface area contributed by atoms with Crippen LogP contribution in [0.1, 0.15) is 22.3 Å². The molecule has 2 heterocycles. The van der Waals surface area contributed by atoms with Crippen LogP contribution < -0.4 is 10.6 Å². The van der Waals surface area contributed by atoms with Crippen molar-refractivity contribution in [2.24, 2.45) is 0 Å². The summed E-state index contributed by atoms with van der Waals surface area (Å²) >= 11 is 0. The zero-order valence-electron chi connectivity index (χ0n) is 16.0. The number of aromatic nitrogens is 2. The van der Waals surface area contributed by atoms with Gasteiger partial charge in [0.05, 0.1) is 5.56 Å². The van der Waals surface area contributed by atoms with Crippen LogP contribution in [0.5, 0.6) is 0 Å². The van der Waals surface area contributed by atoms with Crippen LogP contribution in [-0.2, 0) is 6.42 Å². The third kappa shape index (κ3) is 5.31. The van der Waals surface area contributed by atoms with Gasteiger partial charge in [-0.1, -0.05) is 18.2 Å². The Morgan fingerprint density at radius 3 is 2.78 bits per heavy atom. The van der Waals surface area contributed by atoms with E-state index in [1.807, 2.05) is 32.3 Å². The van der Waals surface area contributed by atoms with Crippen LogP contribution in [0.15, 0.2) is 48.8 Å². The normalized spacial score (nSPS) is 11.1. The minimum atomic E-state index is -0.0772. The highest BCUT2D eigenvalue weighted by Crippen LogP contribution is 2.18. The first-order valence-corrected chi connectivity index (χ1v) is 9.31. The molecule has 0 bridgehead atoms. The number of benzene rings is 1. The summed E-state index contributed by atoms with van der Waals surface area (Å²) in [5.41, 5.74) is 3.03. The number of pyridine rings is 1. The Morgan fingerprint density at radius 2 is 2.00 bits per heavy atom. The van der Waals surface area contributed by atoms with E-state index in [0.29, 0.717) is 12.1 Å². The summed E-state index contributed by atoms with van der Waals surface area (Å²) in [6, 6.07) is 12.0. The lowest BCUT2D eigenvalue weighted by Crippen LogP contribution is -2.27. The van der Waals surface area contributed by atoms with Gasteiger partial charge in [-0.3, -0.25) is 4.79 Å². The molecule has 0 aliphatic rings. The molecule has 1 amide bonds. The fourth-order valence-electron chi connectivity index (χ4n) is 3.00. The second-order valence-corrected chi connectivity index (χ2v) is 6.88. The zero-order valence-corrected chi connectivity index (χ0v) is 16.0. The molecule has 0 atom stereocenters. The van der Waals surface area contributed by atoms with E-state index in [1.165, 1.54) is 10.9 Å². The quantitative estimate of drug-likeness (QED) is 0.510. The molecule has 3 aromatic rings. The lowest BCUT2D eigenvalue weighted by molar-refractivity contribution is 0.0952. The van der Waals surface area contributed by atoms with E-state index >= 15 is 0 Å². The summed E-state index contributed by atoms with van der Waals surface area (Å²) in [4.78, 5) is 21.9. The first-order chi connectivity index (χ1) is 13.1. The number of rotatable bonds is 9. The number of anilines is 1. The average Bonchev–Trinajstić information content (AvgIpc) is 3.09. The van der Waals surface area contributed by atoms with Gasteiger partial charge in [0.1, 0.15) is 5.82 Å². The highest BCUT2D eigenvalue weighted by atomic mass is 16.1. The van der Waals surface area contributed by atoms with Gasteiger partial charge in [-0.15, -0.1) is 0 Å². The molecule has 2 aromatic heterocycles. The van der Waals surface area contributed by atoms with Crippen molar-refractivity contribution in [3.05, 3.63) is 59.9 Å². The van der Waals surface area contributed by atoms with Crippen LogP contribution in [0.4, 0.5) is 5.82 Å². The predicted molar refractivity (Wildman–Crippen MR) is 110 cm³/mol. The minimum absolute atomic E-state index is 0.0772. The summed E-state index contributed by atoms with van der Waals surface area (Å²) < 4.78 is 0. The molecule has 0 radical (unpaired) electrons. The Hall–Kier alpha value is -2.86. The standard InChI is InChI=1S/C21H27N5O/c1-26(2)13-5-11-23-21(27)17-8-9-20(25-15-17)22-12-10-16-14-24-19-7-4-3-6-18(16)19/h3-4,6-9,14-15,24H,5,10-13H2,1-2H3,(H,22,25)(H,23,27). The van der Waals surface area contributed by atoms with Gasteiger partial charge in [0.15, 0.2) is 0 Å². The molecule has 3 rings (SSSR count). The third-order valence-electron chi connectivity index (χ3n) is 4.47. The summed E-state index contributed by atoms with van der Waals surface area (Å²) in [6.45, 7) is 2.41. The molecular weight excluding hydrogens is 338 g/mol. The van der Waals surface area contributed by atoms with E-state index in [9.17, 15) is 4.79 Å². The van der Waals surface area contributed by atoms with E-state index in [0.717, 1.165) is 37.3 Å². The fraction of sp³-hybridized carbons (Fsp3) is 0.333. The summed E-state index contributed by atoms with van der Waals surface area (Å²) in [5.74, 6) is 0.700. The molecule has 3 N–H and O–H groups in total. The van der Waals surface area contributed by atoms with Crippen molar-refractivity contribution in [2.45, 2.75) is 12.8 Å². The highest BCUT2D eigenvalue weighted by molar-refractivity contribution is 5.94. The molecule has 0 aliphatic carbocycles. The number of aromatic amines is 1. The minimum Gasteiger partial charge on any atom is -0.370 e. The largest absolute Gasteiger partial charge is 0.370 e. The van der Waals surface area contributed by atoms with Gasteiger partial charge in [-0.05, 0) is 57.2 Å². The number of hydrogen-bond acceptors (Lipinski definition) is 4. The van der Waals surface area contributed by atoms with Crippen LogP contribution in [0.2, 0.25) is 0 Å². The Balaban J connectivity index is 1.45. The molecule has 0 unspecified atom stereocenters. The van der Waals surface area contributed by atoms with Crippen LogP contribution in [-0.4, -0.2) is 54.5 Å². The van der Waals surface area contributed by atoms with Crippen LogP contribution in [0, 0.1) is 0 Å². The van der Waals surface area contributed by atoms with Crippen molar-refractivity contribution in [3.8, 4) is 0 Å². The van der Waals surface area contributed by atoms with E-state index in [2.05, 4.69) is 49.9 Å². The Labute approximate surface area is 160 Å². The average molecular weight is 365 g/mol. The number of nitrogens with one attached hydrogen (secondary N) is 3. The molecule has 6 heteroatoms. The number of carbonyl (C=O) groups is 1. The summed E-state index contributed by atoms with van der Waals surface area (Å²) in [6.07, 6.45) is 5.51. The van der Waals surface area contributed by atoms with E-state index < -0.39 is 0 Å². The number of hydrogen-bond donors (Lipinski definition) is 3. The molecule has 0 spiro atoms. The number of H-pyrrole nitrogens is 1. The van der Waals surface area contributed by atoms with Crippen molar-refractivity contribution in [1.29, 1.82) is 0 Å². The fourth-order valence-corrected chi connectivity index (χ4v) is 3.00. The van der Waals surface area contributed by atoms with Crippen LogP contribution in [0.3, 0.4) is 0 Å². The first kappa shape index (κ1) is 18.9. The van der Waals surface area contributed by atoms with Crippen molar-refractivity contribution < 1.29 is 4.79 Å². The van der Waals surface area contributed by atoms with E-state index in [-0.39, 0.29) is 5.91 Å². The maximum Gasteiger partial charge on any atom is 0.252 e. The molecule has 0 fully saturated rings. The molecule has 0 saturated carbocycles. The second kappa shape index (κ2) is 9.19. The van der Waals surface area contributed by atoms with Crippen LogP contribution in [0.25, 0.3) is 10.9 Å². The second-order valence-electron chi connectivity index (χ2n) is 6.88. The SMILES string of the molecule is CN(C)CCCNC(=O)c1ccc(NCCc2c[nH]c3ccccc23)nc1. The number of fused-ring (bicyclic) bond motifs is 1. The van der Waals surface area contributed by atoms with Gasteiger partial charge in [0, 0.05) is 36.4 Å². The first-order valence-electron chi connectivity index (χ1n) is 9.31. The van der Waals surface area contributed by atoms with Crippen molar-refractivity contribution in [1.82, 2.24) is 20.2 Å². The lowest BCUT2D eigenvalue weighted by atomic mass is 10.1. The molecular formula is C21H27N5O. The molecule has 142 valence electrons. The predicted octanol–water partition coefficient (Wildman–Crippen LogP) is 2.90. The summed E-state index contributed by atoms with van der Waals surface area (Å²) in [5, 5.41) is 7.50. The van der Waals surface area contributed by atoms with Gasteiger partial charge in [0.25, 0.3) is 5.91 Å². The molecule has 6 nitrogen and oxygen atoms in total. The molecule has 27 heavy (non-hydrogen) atoms. The Bertz CT molecular complexity index is 870. The van der Waals surface area contributed by atoms with Gasteiger partial charge >= 0.3 is 0 Å². The zero-order chi connectivity index (χ0) is 19.1. The van der Waals surface area contributed by atoms with Crippen molar-refractivity contribution in [3.63, 3.8) is 0 Å². The summed E-state index contributed by atoms with van der Waals surface area (Å²) in [7, 11) is 4.05. The lowest BCUT2D eigenvalue weighted by Gasteiger charge is -2.10. The van der Waals surface area contributed by atoms with Crippen molar-refractivity contribution >= 4 is 22.6 Å². The monoisotopic (exact) mass is 365 g/mol. The Morgan fingerprint density at radius 1 is 1.15 bits per heavy atom. The van der Waals surface area contributed by atoms with Crippen LogP contribution >= 0.6 is 0 Å². The van der Waals surface area contributed by atoms with E-state index in [1.54, 1.807) is 6.20 Å². The Kier molecular flexibility index (Phi) is 6.44. The number of para-hydroxylation sites is 1. The maximum atomic E-state index is 12.1. The van der Waals surface area contributed by atoms with Gasteiger partial charge < -0.3 is 20.5 Å². The number of amides is 1. The molecule has 0 saturated heterocycles. The van der Waals surface area contributed by atoms with Crippen molar-refractivity contribution in [2.75, 3.05) is 39.0 Å². The number of carbonyl (C=O) groups excluding carboxylic acids is 1. The molecule has 1 aromatic carbocycles. The van der Waals surface area contributed by atoms with Gasteiger partial charge in [0.2, 0.25) is 0 Å². The van der Waals surface area contributed by atoms with Gasteiger partial charge in [-0.25, -0.2) is 4.98 Å². The third-order valence-corrected chi connectivity index (χ3v) is 4.47. The highest BCUT2D eigenvalue weighted by Gasteiger charge is 2.06. The smallest absolute Gasteiger partial charge is 0.252 e. The number of nitrogens with zero attached hydrogens (tertiary/aromatic N) is 2.